The summed E-state index contributed by atoms with van der Waals surface area (Å²) in [6, 6.07) is 8.16. The molecule has 0 bridgehead atoms. The van der Waals surface area contributed by atoms with Gasteiger partial charge in [-0.25, -0.2) is 9.97 Å². The highest BCUT2D eigenvalue weighted by molar-refractivity contribution is 5.86. The van der Waals surface area contributed by atoms with E-state index in [1.165, 1.54) is 5.56 Å². The van der Waals surface area contributed by atoms with E-state index in [1.807, 2.05) is 29.4 Å². The predicted molar refractivity (Wildman–Crippen MR) is 74.0 cm³/mol. The molecule has 4 nitrogen and oxygen atoms in total. The summed E-state index contributed by atoms with van der Waals surface area (Å²) in [5.41, 5.74) is 3.36. The highest BCUT2D eigenvalue weighted by Gasteiger charge is 2.21. The maximum Gasteiger partial charge on any atom is 0.225 e. The van der Waals surface area contributed by atoms with Crippen molar-refractivity contribution in [3.63, 3.8) is 0 Å². The SMILES string of the molecule is Cc1ccccc1-c1cnc(N2CCC(=O)C2)nc1. The van der Waals surface area contributed by atoms with E-state index in [4.69, 9.17) is 0 Å². The van der Waals surface area contributed by atoms with Crippen molar-refractivity contribution in [2.75, 3.05) is 18.0 Å². The first kappa shape index (κ1) is 11.8. The van der Waals surface area contributed by atoms with E-state index >= 15 is 0 Å². The van der Waals surface area contributed by atoms with Crippen LogP contribution in [-0.2, 0) is 4.79 Å². The number of benzene rings is 1. The van der Waals surface area contributed by atoms with Gasteiger partial charge in [0.25, 0.3) is 0 Å². The molecule has 4 heteroatoms. The molecule has 0 N–H and O–H groups in total. The molecule has 1 fully saturated rings. The second-order valence-electron chi connectivity index (χ2n) is 4.80. The lowest BCUT2D eigenvalue weighted by molar-refractivity contribution is -0.116. The number of ketones is 1. The summed E-state index contributed by atoms with van der Waals surface area (Å²) in [4.78, 5) is 21.9. The smallest absolute Gasteiger partial charge is 0.225 e. The average molecular weight is 253 g/mol. The van der Waals surface area contributed by atoms with Crippen LogP contribution in [0.5, 0.6) is 0 Å². The van der Waals surface area contributed by atoms with E-state index in [1.54, 1.807) is 0 Å². The first-order valence-electron chi connectivity index (χ1n) is 6.39. The molecule has 96 valence electrons. The number of hydrogen-bond acceptors (Lipinski definition) is 4. The van der Waals surface area contributed by atoms with Crippen LogP contribution in [0.2, 0.25) is 0 Å². The molecule has 1 saturated heterocycles. The Balaban J connectivity index is 1.87. The average Bonchev–Trinajstić information content (AvgIpc) is 2.86. The molecule has 2 heterocycles. The fraction of sp³-hybridized carbons (Fsp3) is 0.267. The van der Waals surface area contributed by atoms with Crippen LogP contribution < -0.4 is 4.90 Å². The Hall–Kier alpha value is -2.23. The van der Waals surface area contributed by atoms with Crippen molar-refractivity contribution < 1.29 is 4.79 Å². The normalized spacial score (nSPS) is 15.0. The van der Waals surface area contributed by atoms with Gasteiger partial charge in [-0.3, -0.25) is 4.79 Å². The van der Waals surface area contributed by atoms with Crippen LogP contribution in [0.4, 0.5) is 5.95 Å². The Bertz CT molecular complexity index is 607. The van der Waals surface area contributed by atoms with Crippen LogP contribution in [-0.4, -0.2) is 28.8 Å². The van der Waals surface area contributed by atoms with E-state index in [0.717, 1.165) is 17.7 Å². The molecule has 0 atom stereocenters. The first-order valence-corrected chi connectivity index (χ1v) is 6.39. The lowest BCUT2D eigenvalue weighted by atomic mass is 10.0. The second-order valence-corrected chi connectivity index (χ2v) is 4.80. The summed E-state index contributed by atoms with van der Waals surface area (Å²) >= 11 is 0. The molecular formula is C15H15N3O. The number of carbonyl (C=O) groups is 1. The minimum atomic E-state index is 0.256. The van der Waals surface area contributed by atoms with Crippen LogP contribution in [0.15, 0.2) is 36.7 Å². The molecule has 1 aromatic carbocycles. The van der Waals surface area contributed by atoms with Crippen LogP contribution >= 0.6 is 0 Å². The summed E-state index contributed by atoms with van der Waals surface area (Å²) in [6.07, 6.45) is 4.25. The number of aromatic nitrogens is 2. The Labute approximate surface area is 112 Å². The predicted octanol–water partition coefficient (Wildman–Crippen LogP) is 2.23. The summed E-state index contributed by atoms with van der Waals surface area (Å²) in [7, 11) is 0. The van der Waals surface area contributed by atoms with Crippen LogP contribution in [0, 0.1) is 6.92 Å². The fourth-order valence-electron chi connectivity index (χ4n) is 2.32. The van der Waals surface area contributed by atoms with Gasteiger partial charge in [-0.1, -0.05) is 24.3 Å². The van der Waals surface area contributed by atoms with Gasteiger partial charge in [0.1, 0.15) is 0 Å². The number of Topliss-reactive ketones (excluding diaryl/α,β-unsaturated/α-hetero) is 1. The van der Waals surface area contributed by atoms with E-state index in [0.29, 0.717) is 18.9 Å². The van der Waals surface area contributed by atoms with Crippen molar-refractivity contribution in [3.05, 3.63) is 42.2 Å². The Morgan fingerprint density at radius 2 is 1.89 bits per heavy atom. The largest absolute Gasteiger partial charge is 0.333 e. The van der Waals surface area contributed by atoms with E-state index in [9.17, 15) is 4.79 Å². The number of hydrogen-bond donors (Lipinski definition) is 0. The highest BCUT2D eigenvalue weighted by atomic mass is 16.1. The van der Waals surface area contributed by atoms with Crippen molar-refractivity contribution >= 4 is 11.7 Å². The summed E-state index contributed by atoms with van der Waals surface area (Å²) in [5.74, 6) is 0.898. The zero-order valence-corrected chi connectivity index (χ0v) is 10.8. The molecule has 1 aliphatic rings. The first-order chi connectivity index (χ1) is 9.24. The molecule has 19 heavy (non-hydrogen) atoms. The van der Waals surface area contributed by atoms with Gasteiger partial charge in [-0.15, -0.1) is 0 Å². The second kappa shape index (κ2) is 4.80. The van der Waals surface area contributed by atoms with Gasteiger partial charge in [-0.05, 0) is 18.1 Å². The molecule has 2 aromatic rings. The van der Waals surface area contributed by atoms with Crippen molar-refractivity contribution in [1.82, 2.24) is 9.97 Å². The number of aryl methyl sites for hydroxylation is 1. The highest BCUT2D eigenvalue weighted by Crippen LogP contribution is 2.23. The van der Waals surface area contributed by atoms with Gasteiger partial charge >= 0.3 is 0 Å². The summed E-state index contributed by atoms with van der Waals surface area (Å²) in [6.45, 7) is 3.23. The van der Waals surface area contributed by atoms with Gasteiger partial charge in [-0.2, -0.15) is 0 Å². The Morgan fingerprint density at radius 3 is 2.53 bits per heavy atom. The Morgan fingerprint density at radius 1 is 1.16 bits per heavy atom. The van der Waals surface area contributed by atoms with Crippen molar-refractivity contribution in [2.24, 2.45) is 0 Å². The zero-order chi connectivity index (χ0) is 13.2. The fourth-order valence-corrected chi connectivity index (χ4v) is 2.32. The lowest BCUT2D eigenvalue weighted by Gasteiger charge is -2.14. The molecule has 0 unspecified atom stereocenters. The maximum atomic E-state index is 11.3. The van der Waals surface area contributed by atoms with Crippen molar-refractivity contribution in [1.29, 1.82) is 0 Å². The molecular weight excluding hydrogens is 238 g/mol. The van der Waals surface area contributed by atoms with Crippen LogP contribution in [0.25, 0.3) is 11.1 Å². The summed E-state index contributed by atoms with van der Waals surface area (Å²) < 4.78 is 0. The van der Waals surface area contributed by atoms with E-state index in [-0.39, 0.29) is 5.78 Å². The van der Waals surface area contributed by atoms with Gasteiger partial charge in [0, 0.05) is 30.9 Å². The molecule has 0 amide bonds. The van der Waals surface area contributed by atoms with Crippen molar-refractivity contribution in [3.8, 4) is 11.1 Å². The van der Waals surface area contributed by atoms with Gasteiger partial charge in [0.2, 0.25) is 5.95 Å². The molecule has 0 aliphatic carbocycles. The van der Waals surface area contributed by atoms with Crippen LogP contribution in [0.3, 0.4) is 0 Å². The third-order valence-electron chi connectivity index (χ3n) is 3.40. The topological polar surface area (TPSA) is 46.1 Å². The molecule has 0 spiro atoms. The lowest BCUT2D eigenvalue weighted by Crippen LogP contribution is -2.21. The third-order valence-corrected chi connectivity index (χ3v) is 3.40. The summed E-state index contributed by atoms with van der Waals surface area (Å²) in [5, 5.41) is 0. The van der Waals surface area contributed by atoms with Crippen LogP contribution in [0.1, 0.15) is 12.0 Å². The minimum Gasteiger partial charge on any atom is -0.333 e. The number of carbonyl (C=O) groups excluding carboxylic acids is 1. The third kappa shape index (κ3) is 2.34. The molecule has 0 saturated carbocycles. The standard InChI is InChI=1S/C15H15N3O/c1-11-4-2-3-5-14(11)12-8-16-15(17-9-12)18-7-6-13(19)10-18/h2-5,8-9H,6-7,10H2,1H3. The monoisotopic (exact) mass is 253 g/mol. The van der Waals surface area contributed by atoms with Gasteiger partial charge < -0.3 is 4.90 Å². The number of rotatable bonds is 2. The quantitative estimate of drug-likeness (QED) is 0.823. The molecule has 1 aromatic heterocycles. The minimum absolute atomic E-state index is 0.256. The number of nitrogens with zero attached hydrogens (tertiary/aromatic N) is 3. The molecule has 1 aliphatic heterocycles. The number of anilines is 1. The van der Waals surface area contributed by atoms with E-state index < -0.39 is 0 Å². The maximum absolute atomic E-state index is 11.3. The van der Waals surface area contributed by atoms with Gasteiger partial charge in [0.15, 0.2) is 5.78 Å². The zero-order valence-electron chi connectivity index (χ0n) is 10.8. The van der Waals surface area contributed by atoms with E-state index in [2.05, 4.69) is 29.0 Å². The Kier molecular flexibility index (Phi) is 2.99. The van der Waals surface area contributed by atoms with Crippen molar-refractivity contribution in [2.45, 2.75) is 13.3 Å². The molecule has 3 rings (SSSR count). The molecule has 0 radical (unpaired) electrons. The van der Waals surface area contributed by atoms with Gasteiger partial charge in [0.05, 0.1) is 6.54 Å².